The quantitative estimate of drug-likeness (QED) is 0.109. The first-order valence-electron chi connectivity index (χ1n) is 15.7. The molecule has 1 aromatic heterocycles. The summed E-state index contributed by atoms with van der Waals surface area (Å²) in [7, 11) is 0. The Morgan fingerprint density at radius 2 is 0.643 bits per heavy atom. The summed E-state index contributed by atoms with van der Waals surface area (Å²) >= 11 is 0. The summed E-state index contributed by atoms with van der Waals surface area (Å²) < 4.78 is 36.9. The summed E-state index contributed by atoms with van der Waals surface area (Å²) in [5.41, 5.74) is 1.42. The highest BCUT2D eigenvalue weighted by Gasteiger charge is 2.22. The monoisotopic (exact) mass is 578 g/mol. The van der Waals surface area contributed by atoms with Crippen molar-refractivity contribution in [2.45, 2.75) is 80.1 Å². The van der Waals surface area contributed by atoms with Crippen LogP contribution in [0.1, 0.15) is 80.1 Å². The molecule has 42 heavy (non-hydrogen) atoms. The van der Waals surface area contributed by atoms with Crippen molar-refractivity contribution in [3.63, 3.8) is 0 Å². The molecule has 4 aromatic rings. The minimum absolute atomic E-state index is 0.395. The second-order valence-electron chi connectivity index (χ2n) is 10.3. The van der Waals surface area contributed by atoms with E-state index in [1.807, 2.05) is 12.1 Å². The molecule has 8 heteroatoms. The van der Waals surface area contributed by atoms with Gasteiger partial charge in [0.2, 0.25) is 0 Å². The molecule has 0 bridgehead atoms. The van der Waals surface area contributed by atoms with Crippen molar-refractivity contribution in [2.75, 3.05) is 39.6 Å². The van der Waals surface area contributed by atoms with Crippen molar-refractivity contribution in [3.05, 3.63) is 24.3 Å². The Morgan fingerprint density at radius 1 is 0.381 bits per heavy atom. The lowest BCUT2D eigenvalue weighted by atomic mass is 9.98. The summed E-state index contributed by atoms with van der Waals surface area (Å²) in [4.78, 5) is 10.1. The van der Waals surface area contributed by atoms with Crippen LogP contribution in [0.3, 0.4) is 0 Å². The van der Waals surface area contributed by atoms with Crippen LogP contribution < -0.4 is 28.4 Å². The normalized spacial score (nSPS) is 11.3. The van der Waals surface area contributed by atoms with Crippen LogP contribution in [0.15, 0.2) is 24.3 Å². The Hall–Kier alpha value is -3.68. The number of benzene rings is 3. The Balaban J connectivity index is 2.12. The average molecular weight is 579 g/mol. The third kappa shape index (κ3) is 7.02. The second-order valence-corrected chi connectivity index (χ2v) is 10.3. The fourth-order valence-electron chi connectivity index (χ4n) is 4.62. The Labute approximate surface area is 249 Å². The van der Waals surface area contributed by atoms with Gasteiger partial charge in [0.05, 0.1) is 39.6 Å². The molecule has 0 saturated heterocycles. The summed E-state index contributed by atoms with van der Waals surface area (Å²) in [6, 6.07) is 8.17. The number of nitrogens with zero attached hydrogens (tertiary/aromatic N) is 2. The highest BCUT2D eigenvalue weighted by atomic mass is 16.5. The predicted octanol–water partition coefficient (Wildman–Crippen LogP) is 8.67. The van der Waals surface area contributed by atoms with Crippen molar-refractivity contribution in [2.24, 2.45) is 0 Å². The first kappa shape index (κ1) is 31.3. The lowest BCUT2D eigenvalue weighted by Crippen LogP contribution is -2.06. The van der Waals surface area contributed by atoms with Gasteiger partial charge in [-0.2, -0.15) is 0 Å². The Kier molecular flexibility index (Phi) is 11.6. The van der Waals surface area contributed by atoms with Crippen LogP contribution >= 0.6 is 0 Å². The second kappa shape index (κ2) is 15.5. The first-order chi connectivity index (χ1) is 20.6. The molecule has 0 atom stereocenters. The number of ether oxygens (including phenoxy) is 6. The molecule has 0 aliphatic carbocycles. The zero-order valence-corrected chi connectivity index (χ0v) is 26.1. The van der Waals surface area contributed by atoms with Crippen molar-refractivity contribution in [3.8, 4) is 34.8 Å². The molecular weight excluding hydrogens is 532 g/mol. The van der Waals surface area contributed by atoms with Crippen LogP contribution in [-0.2, 0) is 0 Å². The van der Waals surface area contributed by atoms with Crippen LogP contribution in [0, 0.1) is 0 Å². The van der Waals surface area contributed by atoms with E-state index in [0.29, 0.717) is 85.4 Å². The first-order valence-corrected chi connectivity index (χ1v) is 15.7. The molecule has 4 rings (SSSR count). The lowest BCUT2D eigenvalue weighted by Gasteiger charge is -2.19. The smallest absolute Gasteiger partial charge is 0.278 e. The van der Waals surface area contributed by atoms with E-state index in [0.717, 1.165) is 60.1 Å². The number of hydrogen-bond donors (Lipinski definition) is 0. The fourth-order valence-corrected chi connectivity index (χ4v) is 4.62. The van der Waals surface area contributed by atoms with Gasteiger partial charge in [0, 0.05) is 10.8 Å². The van der Waals surface area contributed by atoms with E-state index in [2.05, 4.69) is 53.7 Å². The van der Waals surface area contributed by atoms with E-state index in [1.54, 1.807) is 0 Å². The van der Waals surface area contributed by atoms with E-state index in [-0.39, 0.29) is 0 Å². The fraction of sp³-hybridized carbons (Fsp3) is 0.529. The van der Waals surface area contributed by atoms with Crippen LogP contribution in [-0.4, -0.2) is 49.6 Å². The van der Waals surface area contributed by atoms with Gasteiger partial charge < -0.3 is 28.4 Å². The van der Waals surface area contributed by atoms with Crippen molar-refractivity contribution < 1.29 is 28.4 Å². The SMILES string of the molecule is CCCOc1cc2c3cc(OCCC)c(OCCC)cc3c3nc(OCCC)c(OCCC)nc3c2cc1OCCC. The molecule has 0 fully saturated rings. The molecule has 0 amide bonds. The Bertz CT molecular complexity index is 1160. The van der Waals surface area contributed by atoms with Crippen LogP contribution in [0.4, 0.5) is 0 Å². The average Bonchev–Trinajstić information content (AvgIpc) is 3.01. The van der Waals surface area contributed by atoms with Gasteiger partial charge in [-0.15, -0.1) is 0 Å². The maximum atomic E-state index is 6.20. The van der Waals surface area contributed by atoms with E-state index in [9.17, 15) is 0 Å². The van der Waals surface area contributed by atoms with E-state index in [4.69, 9.17) is 38.4 Å². The number of rotatable bonds is 18. The molecular formula is C34H46N2O6. The molecule has 0 unspecified atom stereocenters. The summed E-state index contributed by atoms with van der Waals surface area (Å²) in [6.07, 6.45) is 5.24. The summed E-state index contributed by atoms with van der Waals surface area (Å²) in [6.45, 7) is 15.9. The number of fused-ring (bicyclic) bond motifs is 6. The van der Waals surface area contributed by atoms with Gasteiger partial charge >= 0.3 is 0 Å². The van der Waals surface area contributed by atoms with Gasteiger partial charge in [0.1, 0.15) is 11.0 Å². The van der Waals surface area contributed by atoms with Crippen LogP contribution in [0.5, 0.6) is 34.8 Å². The van der Waals surface area contributed by atoms with Crippen LogP contribution in [0.2, 0.25) is 0 Å². The molecule has 228 valence electrons. The summed E-state index contributed by atoms with van der Waals surface area (Å²) in [5.74, 6) is 3.58. The third-order valence-electron chi connectivity index (χ3n) is 6.53. The molecule has 3 aromatic carbocycles. The maximum Gasteiger partial charge on any atom is 0.278 e. The van der Waals surface area contributed by atoms with Gasteiger partial charge in [0.25, 0.3) is 11.8 Å². The molecule has 0 saturated carbocycles. The van der Waals surface area contributed by atoms with Gasteiger partial charge in [-0.25, -0.2) is 9.97 Å². The standard InChI is InChI=1S/C34H46N2O6/c1-7-13-37-27-19-23-24-20-28(38-14-8-2)30(40-16-10-4)22-26(24)32-31(25(23)21-29(27)39-15-9-3)35-33(41-17-11-5)34(36-32)42-18-12-6/h19-22H,7-18H2,1-6H3. The van der Waals surface area contributed by atoms with E-state index >= 15 is 0 Å². The van der Waals surface area contributed by atoms with Gasteiger partial charge in [-0.1, -0.05) is 41.5 Å². The molecule has 0 radical (unpaired) electrons. The highest BCUT2D eigenvalue weighted by molar-refractivity contribution is 6.24. The molecule has 0 aliphatic heterocycles. The van der Waals surface area contributed by atoms with E-state index in [1.165, 1.54) is 0 Å². The van der Waals surface area contributed by atoms with E-state index < -0.39 is 0 Å². The van der Waals surface area contributed by atoms with Crippen LogP contribution in [0.25, 0.3) is 32.6 Å². The molecule has 0 spiro atoms. The zero-order valence-electron chi connectivity index (χ0n) is 26.1. The number of aromatic nitrogens is 2. The molecule has 0 N–H and O–H groups in total. The van der Waals surface area contributed by atoms with Crippen molar-refractivity contribution in [1.29, 1.82) is 0 Å². The Morgan fingerprint density at radius 3 is 0.929 bits per heavy atom. The molecule has 1 heterocycles. The largest absolute Gasteiger partial charge is 0.490 e. The van der Waals surface area contributed by atoms with Crippen molar-refractivity contribution >= 4 is 32.6 Å². The van der Waals surface area contributed by atoms with Gasteiger partial charge in [-0.3, -0.25) is 0 Å². The third-order valence-corrected chi connectivity index (χ3v) is 6.53. The topological polar surface area (TPSA) is 81.2 Å². The summed E-state index contributed by atoms with van der Waals surface area (Å²) in [5, 5.41) is 3.72. The molecule has 0 aliphatic rings. The zero-order chi connectivity index (χ0) is 29.9. The number of hydrogen-bond acceptors (Lipinski definition) is 8. The lowest BCUT2D eigenvalue weighted by molar-refractivity contribution is 0.253. The van der Waals surface area contributed by atoms with Gasteiger partial charge in [0.15, 0.2) is 23.0 Å². The minimum atomic E-state index is 0.395. The van der Waals surface area contributed by atoms with Crippen molar-refractivity contribution in [1.82, 2.24) is 9.97 Å². The van der Waals surface area contributed by atoms with Gasteiger partial charge in [-0.05, 0) is 73.6 Å². The predicted molar refractivity (Wildman–Crippen MR) is 169 cm³/mol. The maximum absolute atomic E-state index is 6.20. The highest BCUT2D eigenvalue weighted by Crippen LogP contribution is 2.45. The minimum Gasteiger partial charge on any atom is -0.490 e. The molecule has 8 nitrogen and oxygen atoms in total.